The largest absolute Gasteiger partial charge is 0.440 e. The van der Waals surface area contributed by atoms with Crippen molar-refractivity contribution in [2.45, 2.75) is 109 Å². The third kappa shape index (κ3) is 7.00. The van der Waals surface area contributed by atoms with Gasteiger partial charge in [0, 0.05) is 71.9 Å². The molecule has 5 saturated carbocycles. The number of hydrogen-bond donors (Lipinski definition) is 0. The van der Waals surface area contributed by atoms with Crippen LogP contribution in [0.5, 0.6) is 0 Å². The van der Waals surface area contributed by atoms with Crippen molar-refractivity contribution in [3.8, 4) is 22.3 Å². The second-order valence-corrected chi connectivity index (χ2v) is 27.7. The Hall–Kier alpha value is -7.76. The molecular formula is C78H72BN3O. The first-order valence-corrected chi connectivity index (χ1v) is 31.8. The van der Waals surface area contributed by atoms with Crippen molar-refractivity contribution in [1.29, 1.82) is 0 Å². The van der Waals surface area contributed by atoms with Crippen molar-refractivity contribution in [2.24, 2.45) is 41.4 Å². The monoisotopic (exact) mass is 1080 g/mol. The molecule has 9 aromatic carbocycles. The molecule has 11 aromatic rings. The molecule has 0 amide bonds. The number of para-hydroxylation sites is 2. The predicted octanol–water partition coefficient (Wildman–Crippen LogP) is 19.6. The third-order valence-electron chi connectivity index (χ3n) is 23.2. The molecule has 5 aliphatic carbocycles. The molecule has 2 aromatic heterocycles. The standard InChI is InChI=1S/C78H72BN3O/c1-5-6-18-48-27-33-68(63(35-48)49-19-10-7-11-20-49)81-70-42-60(80(58-22-12-8-13-23-58)59-24-14-9-15-25-59)41-65-67-40-57(78(4)43-51-28-29-52(44-78)47(51)2)39-66-64-38-56(77(3)45-54-36-53-37-55(46-77)71(53)54)31-34-69(64)82(74(66)67)79(72(65)70)73-62-32-30-50-21-16-17-26-61(50)75(62)83-76(73)81/h7-17,19-27,30-35,38-42,47,51-55,71H,5-6,18,28-29,36-37,43-46H2,1-4H3. The van der Waals surface area contributed by atoms with Gasteiger partial charge in [-0.05, 0) is 228 Å². The van der Waals surface area contributed by atoms with Crippen LogP contribution in [0.2, 0.25) is 0 Å². The lowest BCUT2D eigenvalue weighted by atomic mass is 9.39. The number of unbranched alkanes of at least 4 members (excludes halogenated alkanes) is 1. The van der Waals surface area contributed by atoms with E-state index >= 15 is 0 Å². The molecule has 408 valence electrons. The maximum atomic E-state index is 7.85. The van der Waals surface area contributed by atoms with Crippen LogP contribution < -0.4 is 20.7 Å². The molecule has 4 nitrogen and oxygen atoms in total. The van der Waals surface area contributed by atoms with Crippen LogP contribution in [0.15, 0.2) is 192 Å². The second-order valence-electron chi connectivity index (χ2n) is 27.7. The number of furan rings is 1. The van der Waals surface area contributed by atoms with Crippen molar-refractivity contribution in [2.75, 3.05) is 9.80 Å². The minimum atomic E-state index is -0.187. The van der Waals surface area contributed by atoms with Gasteiger partial charge < -0.3 is 13.8 Å². The number of hydrogen-bond acceptors (Lipinski definition) is 3. The van der Waals surface area contributed by atoms with E-state index in [1.165, 1.54) is 128 Å². The van der Waals surface area contributed by atoms with E-state index in [0.29, 0.717) is 0 Å². The molecular weight excluding hydrogens is 1010 g/mol. The first kappa shape index (κ1) is 48.7. The predicted molar refractivity (Wildman–Crippen MR) is 348 cm³/mol. The molecule has 0 spiro atoms. The molecule has 4 atom stereocenters. The van der Waals surface area contributed by atoms with Gasteiger partial charge in [-0.1, -0.05) is 149 Å². The van der Waals surface area contributed by atoms with Gasteiger partial charge in [0.05, 0.1) is 5.69 Å². The number of fused-ring (bicyclic) bond motifs is 13. The number of benzene rings is 9. The SMILES string of the molecule is CCCCc1ccc(N2c3cc(N(c4ccccc4)c4ccccc4)cc4c3B(c3c2oc2c3ccc3ccccc32)n2c3ccc(C5(C)CC6CC7CC(C5)C76)cc3c3cc(C5(C)CC6CCC(C5)C6C)cc-4c32)c(-c2ccccc2)c1. The average molecular weight is 1080 g/mol. The summed E-state index contributed by atoms with van der Waals surface area (Å²) in [7, 11) is 0. The molecule has 5 heteroatoms. The van der Waals surface area contributed by atoms with Crippen LogP contribution in [0.25, 0.3) is 65.8 Å². The van der Waals surface area contributed by atoms with Crippen molar-refractivity contribution in [1.82, 2.24) is 4.48 Å². The van der Waals surface area contributed by atoms with Crippen LogP contribution in [0.4, 0.5) is 34.3 Å². The Balaban J connectivity index is 0.983. The lowest BCUT2D eigenvalue weighted by molar-refractivity contribution is -0.141. The van der Waals surface area contributed by atoms with E-state index < -0.39 is 0 Å². The highest BCUT2D eigenvalue weighted by atomic mass is 16.4. The molecule has 0 radical (unpaired) electrons. The topological polar surface area (TPSA) is 24.6 Å². The van der Waals surface area contributed by atoms with E-state index in [1.54, 1.807) is 5.56 Å². The Kier molecular flexibility index (Phi) is 10.5. The normalized spacial score (nSPS) is 26.0. The summed E-state index contributed by atoms with van der Waals surface area (Å²) < 4.78 is 10.7. The number of nitrogens with zero attached hydrogens (tertiary/aromatic N) is 3. The molecule has 4 unspecified atom stereocenters. The quantitative estimate of drug-likeness (QED) is 0.128. The Labute approximate surface area is 489 Å². The summed E-state index contributed by atoms with van der Waals surface area (Å²) in [5.41, 5.74) is 21.7. The maximum absolute atomic E-state index is 7.85. The minimum Gasteiger partial charge on any atom is -0.440 e. The lowest BCUT2D eigenvalue weighted by Gasteiger charge is -2.65. The van der Waals surface area contributed by atoms with Gasteiger partial charge in [-0.15, -0.1) is 0 Å². The smallest absolute Gasteiger partial charge is 0.337 e. The van der Waals surface area contributed by atoms with Gasteiger partial charge in [0.1, 0.15) is 5.58 Å². The molecule has 0 saturated heterocycles. The van der Waals surface area contributed by atoms with E-state index in [1.807, 2.05) is 0 Å². The average Bonchev–Trinajstić information content (AvgIpc) is 1.65. The zero-order chi connectivity index (χ0) is 55.0. The fourth-order valence-electron chi connectivity index (χ4n) is 19.2. The number of aromatic nitrogens is 1. The molecule has 2 aliphatic heterocycles. The van der Waals surface area contributed by atoms with Crippen molar-refractivity contribution in [3.05, 3.63) is 205 Å². The molecule has 0 N–H and O–H groups in total. The Bertz CT molecular complexity index is 4390. The van der Waals surface area contributed by atoms with Crippen LogP contribution in [-0.2, 0) is 17.3 Å². The van der Waals surface area contributed by atoms with E-state index in [2.05, 4.69) is 230 Å². The van der Waals surface area contributed by atoms with Crippen LogP contribution in [-0.4, -0.2) is 11.3 Å². The Morgan fingerprint density at radius 2 is 1.22 bits per heavy atom. The summed E-state index contributed by atoms with van der Waals surface area (Å²) in [6.07, 6.45) is 14.1. The van der Waals surface area contributed by atoms with Gasteiger partial charge in [-0.25, -0.2) is 0 Å². The summed E-state index contributed by atoms with van der Waals surface area (Å²) in [5.74, 6) is 6.99. The van der Waals surface area contributed by atoms with Gasteiger partial charge in [0.2, 0.25) is 5.88 Å². The first-order valence-electron chi connectivity index (χ1n) is 31.8. The fourth-order valence-corrected chi connectivity index (χ4v) is 19.2. The maximum Gasteiger partial charge on any atom is 0.337 e. The van der Waals surface area contributed by atoms with Crippen LogP contribution >= 0.6 is 0 Å². The van der Waals surface area contributed by atoms with E-state index in [0.717, 1.165) is 106 Å². The third-order valence-corrected chi connectivity index (χ3v) is 23.2. The van der Waals surface area contributed by atoms with Crippen LogP contribution in [0, 0.1) is 41.4 Å². The van der Waals surface area contributed by atoms with Gasteiger partial charge in [-0.2, -0.15) is 0 Å². The molecule has 2 bridgehead atoms. The van der Waals surface area contributed by atoms with Gasteiger partial charge >= 0.3 is 6.85 Å². The summed E-state index contributed by atoms with van der Waals surface area (Å²) >= 11 is 0. The van der Waals surface area contributed by atoms with E-state index in [-0.39, 0.29) is 17.7 Å². The Morgan fingerprint density at radius 3 is 1.94 bits per heavy atom. The number of anilines is 6. The number of rotatable bonds is 10. The first-order chi connectivity index (χ1) is 40.7. The van der Waals surface area contributed by atoms with Gasteiger partial charge in [0.25, 0.3) is 0 Å². The van der Waals surface area contributed by atoms with Gasteiger partial charge in [-0.3, -0.25) is 4.90 Å². The van der Waals surface area contributed by atoms with Crippen molar-refractivity contribution in [3.63, 3.8) is 0 Å². The zero-order valence-electron chi connectivity index (χ0n) is 48.5. The fraction of sp³-hybridized carbons (Fsp3) is 0.308. The molecule has 18 rings (SSSR count). The summed E-state index contributed by atoms with van der Waals surface area (Å²) in [6.45, 7) is 9.98. The molecule has 5 fully saturated rings. The van der Waals surface area contributed by atoms with Crippen LogP contribution in [0.3, 0.4) is 0 Å². The highest BCUT2D eigenvalue weighted by Crippen LogP contribution is 2.67. The van der Waals surface area contributed by atoms with E-state index in [4.69, 9.17) is 4.42 Å². The van der Waals surface area contributed by atoms with Gasteiger partial charge in [0.15, 0.2) is 0 Å². The zero-order valence-corrected chi connectivity index (χ0v) is 48.5. The Morgan fingerprint density at radius 1 is 0.542 bits per heavy atom. The highest BCUT2D eigenvalue weighted by molar-refractivity contribution is 6.91. The van der Waals surface area contributed by atoms with Crippen molar-refractivity contribution >= 4 is 95.6 Å². The summed E-state index contributed by atoms with van der Waals surface area (Å²) in [4.78, 5) is 5.07. The second kappa shape index (κ2) is 17.9. The molecule has 7 aliphatic rings. The minimum absolute atomic E-state index is 0.0597. The number of aryl methyl sites for hydroxylation is 1. The summed E-state index contributed by atoms with van der Waals surface area (Å²) in [5, 5.41) is 6.35. The van der Waals surface area contributed by atoms with Crippen molar-refractivity contribution < 1.29 is 4.42 Å². The lowest BCUT2D eigenvalue weighted by Crippen LogP contribution is -2.58. The molecule has 4 heterocycles. The van der Waals surface area contributed by atoms with Crippen LogP contribution in [0.1, 0.15) is 109 Å². The van der Waals surface area contributed by atoms with E-state index in [9.17, 15) is 0 Å². The summed E-state index contributed by atoms with van der Waals surface area (Å²) in [6, 6.07) is 72.7. The highest BCUT2D eigenvalue weighted by Gasteiger charge is 2.60. The molecule has 83 heavy (non-hydrogen) atoms.